The molecule has 0 fully saturated rings. The lowest BCUT2D eigenvalue weighted by Crippen LogP contribution is -2.02. The van der Waals surface area contributed by atoms with Gasteiger partial charge in [0.15, 0.2) is 0 Å². The second kappa shape index (κ2) is 7.53. The predicted molar refractivity (Wildman–Crippen MR) is 99.1 cm³/mol. The van der Waals surface area contributed by atoms with Gasteiger partial charge in [0.1, 0.15) is 12.4 Å². The number of carbonyl (C=O) groups is 2. The molecule has 2 aromatic carbocycles. The number of hydrogen-bond donors (Lipinski definition) is 1. The van der Waals surface area contributed by atoms with Crippen molar-refractivity contribution in [1.29, 1.82) is 0 Å². The molecule has 0 unspecified atom stereocenters. The molecule has 1 heterocycles. The summed E-state index contributed by atoms with van der Waals surface area (Å²) in [5, 5.41) is 12.5. The molecule has 1 aliphatic rings. The first-order chi connectivity index (χ1) is 12.4. The van der Waals surface area contributed by atoms with Gasteiger partial charge in [-0.15, -0.1) is 0 Å². The molecule has 0 atom stereocenters. The van der Waals surface area contributed by atoms with Gasteiger partial charge in [-0.3, -0.25) is 0 Å². The van der Waals surface area contributed by atoms with Gasteiger partial charge < -0.3 is 14.7 Å². The average Bonchev–Trinajstić information content (AvgIpc) is 2.93. The number of halogens is 1. The smallest absolute Gasteiger partial charge is 0.367 e. The number of aromatic carboxylic acids is 1. The summed E-state index contributed by atoms with van der Waals surface area (Å²) in [5.41, 5.74) is 2.85. The van der Waals surface area contributed by atoms with E-state index in [9.17, 15) is 9.59 Å². The molecule has 7 heteroatoms. The third kappa shape index (κ3) is 4.00. The molecule has 0 amide bonds. The largest absolute Gasteiger partial charge is 0.488 e. The Hall–Kier alpha value is -2.93. The van der Waals surface area contributed by atoms with E-state index in [1.54, 1.807) is 31.2 Å². The number of carbonyl (C=O) groups excluding carboxylic acids is 1. The van der Waals surface area contributed by atoms with Crippen molar-refractivity contribution in [3.8, 4) is 5.75 Å². The highest BCUT2D eigenvalue weighted by atomic mass is 79.9. The van der Waals surface area contributed by atoms with Crippen LogP contribution < -0.4 is 4.74 Å². The van der Waals surface area contributed by atoms with E-state index < -0.39 is 11.9 Å². The van der Waals surface area contributed by atoms with Crippen LogP contribution in [0.1, 0.15) is 28.4 Å². The number of benzene rings is 2. The molecule has 1 N–H and O–H groups in total. The third-order valence-electron chi connectivity index (χ3n) is 3.74. The van der Waals surface area contributed by atoms with Gasteiger partial charge in [0, 0.05) is 0 Å². The van der Waals surface area contributed by atoms with Crippen molar-refractivity contribution in [2.75, 3.05) is 0 Å². The van der Waals surface area contributed by atoms with Crippen LogP contribution in [0.15, 0.2) is 57.7 Å². The molecular weight excluding hydrogens is 402 g/mol. The van der Waals surface area contributed by atoms with Crippen molar-refractivity contribution in [3.63, 3.8) is 0 Å². The third-order valence-corrected chi connectivity index (χ3v) is 4.36. The number of nitrogens with zero attached hydrogens (tertiary/aromatic N) is 1. The van der Waals surface area contributed by atoms with Crippen molar-refractivity contribution in [2.45, 2.75) is 13.5 Å². The maximum atomic E-state index is 11.6. The molecule has 6 nitrogen and oxygen atoms in total. The van der Waals surface area contributed by atoms with Crippen LogP contribution in [0.25, 0.3) is 6.08 Å². The quantitative estimate of drug-likeness (QED) is 0.588. The fourth-order valence-electron chi connectivity index (χ4n) is 2.31. The lowest BCUT2D eigenvalue weighted by atomic mass is 10.1. The van der Waals surface area contributed by atoms with Gasteiger partial charge in [0.25, 0.3) is 0 Å². The zero-order chi connectivity index (χ0) is 18.7. The normalized spacial score (nSPS) is 14.9. The van der Waals surface area contributed by atoms with Crippen LogP contribution in [-0.4, -0.2) is 22.8 Å². The van der Waals surface area contributed by atoms with Crippen LogP contribution in [0.5, 0.6) is 5.75 Å². The average molecular weight is 416 g/mol. The predicted octanol–water partition coefficient (Wildman–Crippen LogP) is 4.04. The lowest BCUT2D eigenvalue weighted by molar-refractivity contribution is -0.136. The van der Waals surface area contributed by atoms with Crippen LogP contribution in [0, 0.1) is 0 Å². The van der Waals surface area contributed by atoms with Crippen LogP contribution in [-0.2, 0) is 16.2 Å². The van der Waals surface area contributed by atoms with Crippen molar-refractivity contribution >= 4 is 39.7 Å². The number of oxime groups is 1. The summed E-state index contributed by atoms with van der Waals surface area (Å²) in [6.07, 6.45) is 1.70. The molecule has 2 aromatic rings. The van der Waals surface area contributed by atoms with Crippen LogP contribution in [0.3, 0.4) is 0 Å². The molecule has 0 radical (unpaired) electrons. The minimum Gasteiger partial charge on any atom is -0.488 e. The summed E-state index contributed by atoms with van der Waals surface area (Å²) in [5.74, 6) is -0.797. The molecule has 132 valence electrons. The summed E-state index contributed by atoms with van der Waals surface area (Å²) in [4.78, 5) is 27.1. The van der Waals surface area contributed by atoms with E-state index in [4.69, 9.17) is 9.84 Å². The molecule has 3 rings (SSSR count). The zero-order valence-electron chi connectivity index (χ0n) is 13.7. The number of hydrogen-bond acceptors (Lipinski definition) is 5. The summed E-state index contributed by atoms with van der Waals surface area (Å²) in [6.45, 7) is 2.01. The van der Waals surface area contributed by atoms with E-state index in [-0.39, 0.29) is 5.56 Å². The van der Waals surface area contributed by atoms with Crippen molar-refractivity contribution in [2.24, 2.45) is 5.16 Å². The Balaban J connectivity index is 1.70. The van der Waals surface area contributed by atoms with Gasteiger partial charge in [0.2, 0.25) is 0 Å². The van der Waals surface area contributed by atoms with E-state index in [0.29, 0.717) is 23.6 Å². The number of rotatable bonds is 5. The molecule has 0 saturated carbocycles. The maximum Gasteiger partial charge on any atom is 0.367 e. The zero-order valence-corrected chi connectivity index (χ0v) is 15.3. The van der Waals surface area contributed by atoms with Gasteiger partial charge in [-0.25, -0.2) is 9.59 Å². The minimum absolute atomic E-state index is 0.233. The fourth-order valence-corrected chi connectivity index (χ4v) is 2.83. The van der Waals surface area contributed by atoms with E-state index >= 15 is 0 Å². The molecule has 0 spiro atoms. The lowest BCUT2D eigenvalue weighted by Gasteiger charge is -2.09. The summed E-state index contributed by atoms with van der Waals surface area (Å²) >= 11 is 3.45. The summed E-state index contributed by atoms with van der Waals surface area (Å²) < 4.78 is 6.49. The first-order valence-corrected chi connectivity index (χ1v) is 8.46. The molecule has 0 bridgehead atoms. The monoisotopic (exact) mass is 415 g/mol. The fraction of sp³-hybridized carbons (Fsp3) is 0.105. The first kappa shape index (κ1) is 17.9. The van der Waals surface area contributed by atoms with Gasteiger partial charge in [-0.1, -0.05) is 23.4 Å². The Morgan fingerprint density at radius 2 is 2.00 bits per heavy atom. The van der Waals surface area contributed by atoms with Crippen molar-refractivity contribution < 1.29 is 24.3 Å². The molecular formula is C19H14BrNO5. The standard InChI is InChI=1S/C19H14BrNO5/c1-11-15(19(24)26-21-11)8-13-4-7-17(16(20)9-13)25-10-12-2-5-14(6-3-12)18(22)23/h2-9H,10H2,1H3,(H,22,23)/b15-8-. The van der Waals surface area contributed by atoms with Crippen LogP contribution in [0.4, 0.5) is 0 Å². The van der Waals surface area contributed by atoms with Gasteiger partial charge in [-0.05, 0) is 64.3 Å². The Morgan fingerprint density at radius 1 is 1.27 bits per heavy atom. The molecule has 1 aliphatic heterocycles. The highest BCUT2D eigenvalue weighted by molar-refractivity contribution is 9.10. The minimum atomic E-state index is -0.962. The second-order valence-corrected chi connectivity index (χ2v) is 6.45. The van der Waals surface area contributed by atoms with Crippen molar-refractivity contribution in [3.05, 3.63) is 69.2 Å². The molecule has 0 aromatic heterocycles. The molecule has 0 saturated heterocycles. The summed E-state index contributed by atoms with van der Waals surface area (Å²) in [7, 11) is 0. The topological polar surface area (TPSA) is 85.2 Å². The van der Waals surface area contributed by atoms with Crippen LogP contribution >= 0.6 is 15.9 Å². The highest BCUT2D eigenvalue weighted by Crippen LogP contribution is 2.28. The van der Waals surface area contributed by atoms with Crippen LogP contribution in [0.2, 0.25) is 0 Å². The van der Waals surface area contributed by atoms with Gasteiger partial charge >= 0.3 is 11.9 Å². The van der Waals surface area contributed by atoms with Crippen molar-refractivity contribution in [1.82, 2.24) is 0 Å². The first-order valence-electron chi connectivity index (χ1n) is 7.66. The Bertz CT molecular complexity index is 931. The number of carboxylic acids is 1. The maximum absolute atomic E-state index is 11.6. The molecule has 0 aliphatic carbocycles. The van der Waals surface area contributed by atoms with Gasteiger partial charge in [0.05, 0.1) is 21.3 Å². The van der Waals surface area contributed by atoms with E-state index in [2.05, 4.69) is 25.9 Å². The van der Waals surface area contributed by atoms with E-state index in [1.165, 1.54) is 12.1 Å². The highest BCUT2D eigenvalue weighted by Gasteiger charge is 2.21. The SMILES string of the molecule is CC1=NOC(=O)/C1=C\c1ccc(OCc2ccc(C(=O)O)cc2)c(Br)c1. The Morgan fingerprint density at radius 3 is 2.58 bits per heavy atom. The Labute approximate surface area is 157 Å². The second-order valence-electron chi connectivity index (χ2n) is 5.59. The Kier molecular flexibility index (Phi) is 5.18. The number of carboxylic acid groups (broad SMARTS) is 1. The summed E-state index contributed by atoms with van der Waals surface area (Å²) in [6, 6.07) is 11.9. The van der Waals surface area contributed by atoms with E-state index in [1.807, 2.05) is 12.1 Å². The van der Waals surface area contributed by atoms with Gasteiger partial charge in [-0.2, -0.15) is 0 Å². The van der Waals surface area contributed by atoms with E-state index in [0.717, 1.165) is 15.6 Å². The molecule has 26 heavy (non-hydrogen) atoms. The number of ether oxygens (including phenoxy) is 1.